The highest BCUT2D eigenvalue weighted by Gasteiger charge is 2.55. The van der Waals surface area contributed by atoms with E-state index >= 15 is 0 Å². The third kappa shape index (κ3) is 3.44. The van der Waals surface area contributed by atoms with E-state index in [0.717, 1.165) is 0 Å². The number of imide groups is 1. The van der Waals surface area contributed by atoms with E-state index in [2.05, 4.69) is 5.09 Å². The highest BCUT2D eigenvalue weighted by atomic mass is 31.2. The number of carbonyl (C=O) groups is 2. The molecule has 3 rings (SSSR count). The number of likely N-dealkylation sites (tertiary alicyclic amines) is 1. The fraction of sp³-hybridized carbons (Fsp3) is 0.333. The van der Waals surface area contributed by atoms with Gasteiger partial charge in [-0.2, -0.15) is 9.28 Å². The SMILES string of the molecule is C[C@H](NP(=O)(c1ccccc1)c1ccccc1)C(=O)[N+]1(C(=O)O)CCC[C@H]1C. The lowest BCUT2D eigenvalue weighted by atomic mass is 10.2. The van der Waals surface area contributed by atoms with E-state index in [0.29, 0.717) is 23.5 Å². The molecule has 7 heteroatoms. The van der Waals surface area contributed by atoms with Crippen molar-refractivity contribution in [1.82, 2.24) is 5.09 Å². The summed E-state index contributed by atoms with van der Waals surface area (Å²) in [6.45, 7) is 3.66. The molecule has 2 N–H and O–H groups in total. The van der Waals surface area contributed by atoms with E-state index < -0.39 is 29.8 Å². The summed E-state index contributed by atoms with van der Waals surface area (Å²) in [5.41, 5.74) is 0. The summed E-state index contributed by atoms with van der Waals surface area (Å²) >= 11 is 0. The average Bonchev–Trinajstić information content (AvgIpc) is 3.11. The lowest BCUT2D eigenvalue weighted by molar-refractivity contribution is -0.792. The van der Waals surface area contributed by atoms with E-state index in [9.17, 15) is 19.3 Å². The van der Waals surface area contributed by atoms with Crippen molar-refractivity contribution in [3.63, 3.8) is 0 Å². The minimum absolute atomic E-state index is 0.266. The zero-order valence-corrected chi connectivity index (χ0v) is 17.0. The molecule has 0 aliphatic carbocycles. The maximum Gasteiger partial charge on any atom is 0.521 e. The Labute approximate surface area is 165 Å². The predicted molar refractivity (Wildman–Crippen MR) is 109 cm³/mol. The predicted octanol–water partition coefficient (Wildman–Crippen LogP) is 3.10. The Kier molecular flexibility index (Phi) is 5.84. The number of amides is 2. The Hall–Kier alpha value is -2.27. The first-order valence-corrected chi connectivity index (χ1v) is 11.2. The fourth-order valence-electron chi connectivity index (χ4n) is 4.03. The maximum absolute atomic E-state index is 14.1. The van der Waals surface area contributed by atoms with Gasteiger partial charge in [0.15, 0.2) is 0 Å². The first-order chi connectivity index (χ1) is 13.3. The molecule has 148 valence electrons. The molecule has 28 heavy (non-hydrogen) atoms. The fourth-order valence-corrected chi connectivity index (χ4v) is 6.47. The van der Waals surface area contributed by atoms with Gasteiger partial charge in [-0.05, 0) is 38.1 Å². The van der Waals surface area contributed by atoms with Crippen molar-refractivity contribution in [3.05, 3.63) is 60.7 Å². The van der Waals surface area contributed by atoms with Crippen molar-refractivity contribution >= 4 is 29.9 Å². The Morgan fingerprint density at radius 2 is 1.57 bits per heavy atom. The summed E-state index contributed by atoms with van der Waals surface area (Å²) in [6, 6.07) is 16.7. The normalized spacial score (nSPS) is 23.3. The molecule has 1 unspecified atom stereocenters. The molecule has 1 aliphatic heterocycles. The molecule has 3 atom stereocenters. The van der Waals surface area contributed by atoms with Crippen molar-refractivity contribution in [2.45, 2.75) is 38.8 Å². The molecule has 0 radical (unpaired) electrons. The van der Waals surface area contributed by atoms with Gasteiger partial charge in [0.2, 0.25) is 7.29 Å². The van der Waals surface area contributed by atoms with Crippen LogP contribution in [0.1, 0.15) is 26.7 Å². The van der Waals surface area contributed by atoms with Crippen LogP contribution in [0.25, 0.3) is 0 Å². The smallest absolute Gasteiger partial charge is 0.435 e. The first kappa shape index (κ1) is 20.5. The number of benzene rings is 2. The van der Waals surface area contributed by atoms with Gasteiger partial charge in [0.05, 0.1) is 6.54 Å². The summed E-state index contributed by atoms with van der Waals surface area (Å²) in [5.74, 6) is -0.454. The number of carbonyl (C=O) groups excluding carboxylic acids is 1. The zero-order valence-electron chi connectivity index (χ0n) is 16.1. The molecule has 2 aromatic rings. The van der Waals surface area contributed by atoms with Gasteiger partial charge in [-0.15, -0.1) is 0 Å². The molecular formula is C21H26N2O4P+. The first-order valence-electron chi connectivity index (χ1n) is 9.47. The molecule has 0 saturated carbocycles. The van der Waals surface area contributed by atoms with Crippen LogP contribution in [-0.4, -0.2) is 40.2 Å². The molecule has 1 saturated heterocycles. The highest BCUT2D eigenvalue weighted by Crippen LogP contribution is 2.40. The van der Waals surface area contributed by atoms with E-state index in [1.54, 1.807) is 62.4 Å². The van der Waals surface area contributed by atoms with Crippen LogP contribution in [0.4, 0.5) is 4.79 Å². The summed E-state index contributed by atoms with van der Waals surface area (Å²) in [5, 5.41) is 14.0. The number of rotatable bonds is 5. The van der Waals surface area contributed by atoms with Crippen LogP contribution in [0.5, 0.6) is 0 Å². The van der Waals surface area contributed by atoms with Crippen molar-refractivity contribution in [3.8, 4) is 0 Å². The molecule has 2 amide bonds. The Bertz CT molecular complexity index is 860. The third-order valence-electron chi connectivity index (χ3n) is 5.61. The van der Waals surface area contributed by atoms with E-state index in [-0.39, 0.29) is 12.6 Å². The monoisotopic (exact) mass is 401 g/mol. The lowest BCUT2D eigenvalue weighted by Gasteiger charge is -2.33. The molecule has 1 aliphatic rings. The van der Waals surface area contributed by atoms with Gasteiger partial charge in [-0.25, -0.2) is 9.88 Å². The van der Waals surface area contributed by atoms with Crippen molar-refractivity contribution in [2.24, 2.45) is 0 Å². The van der Waals surface area contributed by atoms with E-state index in [4.69, 9.17) is 0 Å². The summed E-state index contributed by atoms with van der Waals surface area (Å²) in [4.78, 5) is 25.3. The van der Waals surface area contributed by atoms with Crippen LogP contribution in [-0.2, 0) is 9.36 Å². The number of nitrogens with zero attached hydrogens (tertiary/aromatic N) is 1. The van der Waals surface area contributed by atoms with Gasteiger partial charge in [-0.1, -0.05) is 36.4 Å². The van der Waals surface area contributed by atoms with Crippen LogP contribution in [0.15, 0.2) is 60.7 Å². The van der Waals surface area contributed by atoms with Gasteiger partial charge < -0.3 is 5.11 Å². The molecule has 1 fully saturated rings. The van der Waals surface area contributed by atoms with E-state index in [1.165, 1.54) is 0 Å². The molecular weight excluding hydrogens is 375 g/mol. The van der Waals surface area contributed by atoms with Gasteiger partial charge in [0.1, 0.15) is 12.1 Å². The number of hydrogen-bond donors (Lipinski definition) is 2. The third-order valence-corrected chi connectivity index (χ3v) is 8.41. The molecule has 1 heterocycles. The Morgan fingerprint density at radius 3 is 1.96 bits per heavy atom. The van der Waals surface area contributed by atoms with Crippen LogP contribution >= 0.6 is 7.29 Å². The minimum Gasteiger partial charge on any atom is -0.435 e. The maximum atomic E-state index is 14.1. The topological polar surface area (TPSA) is 83.5 Å². The van der Waals surface area contributed by atoms with Gasteiger partial charge in [-0.3, -0.25) is 4.57 Å². The standard InChI is InChI=1S/C21H25N2O4P/c1-16-10-9-15-23(16,21(25)26)20(24)17(2)22-28(27,18-11-5-3-6-12-18)19-13-7-4-8-14-19/h3-8,11-14,16-17H,9-10,15H2,1-2H3,(H-,22,25,26,27)/p+1/t16-,17+,23?/m1/s1. The van der Waals surface area contributed by atoms with E-state index in [1.807, 2.05) is 12.1 Å². The number of hydrogen-bond acceptors (Lipinski definition) is 3. The van der Waals surface area contributed by atoms with Crippen LogP contribution in [0.3, 0.4) is 0 Å². The van der Waals surface area contributed by atoms with Crippen LogP contribution in [0, 0.1) is 0 Å². The number of carboxylic acid groups (broad SMARTS) is 1. The molecule has 0 bridgehead atoms. The highest BCUT2D eigenvalue weighted by molar-refractivity contribution is 7.77. The van der Waals surface area contributed by atoms with Crippen molar-refractivity contribution in [1.29, 1.82) is 0 Å². The van der Waals surface area contributed by atoms with Crippen LogP contribution in [0.2, 0.25) is 0 Å². The number of nitrogens with one attached hydrogen (secondary N) is 1. The Morgan fingerprint density at radius 1 is 1.07 bits per heavy atom. The summed E-state index contributed by atoms with van der Waals surface area (Å²) in [7, 11) is -3.33. The molecule has 6 nitrogen and oxygen atoms in total. The molecule has 0 spiro atoms. The summed E-state index contributed by atoms with van der Waals surface area (Å²) in [6.07, 6.45) is 0.221. The lowest BCUT2D eigenvalue weighted by Crippen LogP contribution is -2.63. The minimum atomic E-state index is -3.33. The second-order valence-corrected chi connectivity index (χ2v) is 9.85. The largest absolute Gasteiger partial charge is 0.521 e. The number of quaternary nitrogens is 1. The average molecular weight is 401 g/mol. The Balaban J connectivity index is 1.99. The zero-order chi connectivity index (χ0) is 20.4. The van der Waals surface area contributed by atoms with Gasteiger partial charge >= 0.3 is 12.0 Å². The van der Waals surface area contributed by atoms with Crippen LogP contribution < -0.4 is 15.7 Å². The van der Waals surface area contributed by atoms with Gasteiger partial charge in [0.25, 0.3) is 0 Å². The van der Waals surface area contributed by atoms with Crippen molar-refractivity contribution in [2.75, 3.05) is 6.54 Å². The second-order valence-electron chi connectivity index (χ2n) is 7.34. The summed E-state index contributed by atoms with van der Waals surface area (Å²) < 4.78 is 13.5. The molecule has 2 aromatic carbocycles. The van der Waals surface area contributed by atoms with Crippen molar-refractivity contribution < 1.29 is 23.7 Å². The second kappa shape index (κ2) is 8.00. The quantitative estimate of drug-likeness (QED) is 0.594. The van der Waals surface area contributed by atoms with Gasteiger partial charge in [0, 0.05) is 23.5 Å². The molecule has 0 aromatic heterocycles.